The smallest absolute Gasteiger partial charge is 0.239 e. The Morgan fingerprint density at radius 3 is 2.50 bits per heavy atom. The summed E-state index contributed by atoms with van der Waals surface area (Å²) in [6, 6.07) is -0.148. The number of amides is 2. The first-order chi connectivity index (χ1) is 7.45. The van der Waals surface area contributed by atoms with Gasteiger partial charge in [-0.15, -0.1) is 0 Å². The average molecular weight is 227 g/mol. The zero-order chi connectivity index (χ0) is 12.6. The molecule has 0 aliphatic heterocycles. The Bertz CT molecular complexity index is 289. The molecule has 0 spiro atoms. The van der Waals surface area contributed by atoms with Crippen LogP contribution in [0, 0.1) is 5.41 Å². The molecule has 0 aromatic rings. The summed E-state index contributed by atoms with van der Waals surface area (Å²) in [4.78, 5) is 32.5. The lowest BCUT2D eigenvalue weighted by Gasteiger charge is -2.12. The van der Waals surface area contributed by atoms with E-state index in [2.05, 4.69) is 10.6 Å². The van der Waals surface area contributed by atoms with Crippen molar-refractivity contribution in [3.63, 3.8) is 0 Å². The number of carbonyl (C=O) groups is 3. The Hall–Kier alpha value is -1.72. The Balaban J connectivity index is 3.73. The number of Topliss-reactive ketones (excluding diaryl/α,β-unsaturated/α-hetero) is 1. The van der Waals surface area contributed by atoms with Crippen molar-refractivity contribution in [2.45, 2.75) is 32.7 Å². The van der Waals surface area contributed by atoms with Crippen LogP contribution in [0.5, 0.6) is 0 Å². The first-order valence-electron chi connectivity index (χ1n) is 5.02. The van der Waals surface area contributed by atoms with Crippen LogP contribution in [0.15, 0.2) is 0 Å². The van der Waals surface area contributed by atoms with Gasteiger partial charge in [0.1, 0.15) is 0 Å². The Labute approximate surface area is 94.3 Å². The molecular weight excluding hydrogens is 210 g/mol. The normalized spacial score (nSPS) is 11.4. The highest BCUT2D eigenvalue weighted by Gasteiger charge is 2.08. The fraction of sp³-hybridized carbons (Fsp3) is 0.600. The molecule has 90 valence electrons. The van der Waals surface area contributed by atoms with Crippen molar-refractivity contribution >= 4 is 23.8 Å². The molecule has 3 N–H and O–H groups in total. The van der Waals surface area contributed by atoms with E-state index in [1.54, 1.807) is 6.92 Å². The summed E-state index contributed by atoms with van der Waals surface area (Å²) in [5.41, 5.74) is 0. The summed E-state index contributed by atoms with van der Waals surface area (Å²) in [5.74, 6) is -0.810. The molecular formula is C10H17N3O3. The first kappa shape index (κ1) is 14.3. The second kappa shape index (κ2) is 7.56. The molecule has 1 unspecified atom stereocenters. The van der Waals surface area contributed by atoms with E-state index in [4.69, 9.17) is 5.41 Å². The van der Waals surface area contributed by atoms with Gasteiger partial charge in [0, 0.05) is 19.4 Å². The van der Waals surface area contributed by atoms with Crippen molar-refractivity contribution in [2.24, 2.45) is 0 Å². The summed E-state index contributed by atoms with van der Waals surface area (Å²) in [7, 11) is 0. The maximum Gasteiger partial charge on any atom is 0.239 e. The van der Waals surface area contributed by atoms with Crippen molar-refractivity contribution < 1.29 is 14.4 Å². The zero-order valence-corrected chi connectivity index (χ0v) is 9.50. The quantitative estimate of drug-likeness (QED) is 0.517. The molecule has 2 amide bonds. The highest BCUT2D eigenvalue weighted by atomic mass is 16.2. The predicted molar refractivity (Wildman–Crippen MR) is 59.3 cm³/mol. The summed E-state index contributed by atoms with van der Waals surface area (Å²) in [6.45, 7) is 3.04. The molecule has 0 rings (SSSR count). The van der Waals surface area contributed by atoms with Crippen LogP contribution in [0.3, 0.4) is 0 Å². The SMILES string of the molecule is CC(=O)NCC(=O)NC(C)CCC(=O)C=N. The van der Waals surface area contributed by atoms with Gasteiger partial charge in [0.15, 0.2) is 5.78 Å². The summed E-state index contributed by atoms with van der Waals surface area (Å²) in [5, 5.41) is 11.7. The maximum atomic E-state index is 11.2. The molecule has 6 nitrogen and oxygen atoms in total. The molecule has 0 fully saturated rings. The van der Waals surface area contributed by atoms with Gasteiger partial charge >= 0.3 is 0 Å². The number of carbonyl (C=O) groups excluding carboxylic acids is 3. The summed E-state index contributed by atoms with van der Waals surface area (Å²) >= 11 is 0. The van der Waals surface area contributed by atoms with Crippen LogP contribution in [0.2, 0.25) is 0 Å². The van der Waals surface area contributed by atoms with Crippen molar-refractivity contribution in [3.8, 4) is 0 Å². The van der Waals surface area contributed by atoms with E-state index in [9.17, 15) is 14.4 Å². The van der Waals surface area contributed by atoms with E-state index >= 15 is 0 Å². The molecule has 0 aliphatic rings. The summed E-state index contributed by atoms with van der Waals surface area (Å²) in [6.07, 6.45) is 1.50. The third-order valence-corrected chi connectivity index (χ3v) is 1.89. The Kier molecular flexibility index (Phi) is 6.74. The topological polar surface area (TPSA) is 99.1 Å². The molecule has 6 heteroatoms. The first-order valence-corrected chi connectivity index (χ1v) is 5.02. The predicted octanol–water partition coefficient (Wildman–Crippen LogP) is -0.374. The highest BCUT2D eigenvalue weighted by molar-refractivity contribution is 6.26. The Morgan fingerprint density at radius 2 is 2.00 bits per heavy atom. The average Bonchev–Trinajstić information content (AvgIpc) is 2.23. The Morgan fingerprint density at radius 1 is 1.38 bits per heavy atom. The molecule has 0 aliphatic carbocycles. The van der Waals surface area contributed by atoms with Crippen LogP contribution in [0.25, 0.3) is 0 Å². The zero-order valence-electron chi connectivity index (χ0n) is 9.50. The highest BCUT2D eigenvalue weighted by Crippen LogP contribution is 1.96. The van der Waals surface area contributed by atoms with E-state index in [0.717, 1.165) is 6.21 Å². The van der Waals surface area contributed by atoms with Gasteiger partial charge in [0.05, 0.1) is 12.8 Å². The number of hydrogen-bond acceptors (Lipinski definition) is 4. The lowest BCUT2D eigenvalue weighted by atomic mass is 10.1. The minimum atomic E-state index is -0.287. The van der Waals surface area contributed by atoms with E-state index in [1.807, 2.05) is 0 Å². The molecule has 1 atom stereocenters. The van der Waals surface area contributed by atoms with E-state index in [1.165, 1.54) is 6.92 Å². The molecule has 0 aromatic heterocycles. The molecule has 0 radical (unpaired) electrons. The molecule has 0 aromatic carbocycles. The van der Waals surface area contributed by atoms with E-state index in [0.29, 0.717) is 6.42 Å². The molecule has 0 saturated carbocycles. The van der Waals surface area contributed by atoms with Crippen LogP contribution >= 0.6 is 0 Å². The fourth-order valence-corrected chi connectivity index (χ4v) is 1.03. The monoisotopic (exact) mass is 227 g/mol. The van der Waals surface area contributed by atoms with Crippen LogP contribution in [-0.2, 0) is 14.4 Å². The van der Waals surface area contributed by atoms with Crippen LogP contribution in [-0.4, -0.2) is 36.4 Å². The molecule has 0 bridgehead atoms. The fourth-order valence-electron chi connectivity index (χ4n) is 1.03. The van der Waals surface area contributed by atoms with E-state index < -0.39 is 0 Å². The third kappa shape index (κ3) is 7.66. The van der Waals surface area contributed by atoms with Gasteiger partial charge in [-0.3, -0.25) is 14.4 Å². The van der Waals surface area contributed by atoms with Gasteiger partial charge < -0.3 is 16.0 Å². The largest absolute Gasteiger partial charge is 0.352 e. The second-order valence-electron chi connectivity index (χ2n) is 3.53. The minimum Gasteiger partial charge on any atom is -0.352 e. The van der Waals surface area contributed by atoms with Gasteiger partial charge in [-0.2, -0.15) is 0 Å². The van der Waals surface area contributed by atoms with Gasteiger partial charge in [-0.1, -0.05) is 0 Å². The van der Waals surface area contributed by atoms with Crippen molar-refractivity contribution in [3.05, 3.63) is 0 Å². The van der Waals surface area contributed by atoms with E-state index in [-0.39, 0.29) is 36.6 Å². The third-order valence-electron chi connectivity index (χ3n) is 1.89. The van der Waals surface area contributed by atoms with Gasteiger partial charge in [-0.25, -0.2) is 0 Å². The summed E-state index contributed by atoms with van der Waals surface area (Å²) < 4.78 is 0. The number of ketones is 1. The number of hydrogen-bond donors (Lipinski definition) is 3. The van der Waals surface area contributed by atoms with Gasteiger partial charge in [-0.05, 0) is 13.3 Å². The van der Waals surface area contributed by atoms with Gasteiger partial charge in [0.2, 0.25) is 11.8 Å². The second-order valence-corrected chi connectivity index (χ2v) is 3.53. The molecule has 0 saturated heterocycles. The molecule has 0 heterocycles. The van der Waals surface area contributed by atoms with Crippen LogP contribution < -0.4 is 10.6 Å². The maximum absolute atomic E-state index is 11.2. The van der Waals surface area contributed by atoms with Crippen molar-refractivity contribution in [2.75, 3.05) is 6.54 Å². The van der Waals surface area contributed by atoms with Crippen molar-refractivity contribution in [1.82, 2.24) is 10.6 Å². The lowest BCUT2D eigenvalue weighted by Crippen LogP contribution is -2.40. The van der Waals surface area contributed by atoms with Crippen LogP contribution in [0.1, 0.15) is 26.7 Å². The lowest BCUT2D eigenvalue weighted by molar-refractivity contribution is -0.125. The minimum absolute atomic E-state index is 0.0574. The standard InChI is InChI=1S/C10H17N3O3/c1-7(3-4-9(15)5-11)13-10(16)6-12-8(2)14/h5,7,11H,3-4,6H2,1-2H3,(H,12,14)(H,13,16). The number of rotatable bonds is 7. The number of nitrogens with one attached hydrogen (secondary N) is 3. The van der Waals surface area contributed by atoms with Crippen LogP contribution in [0.4, 0.5) is 0 Å². The van der Waals surface area contributed by atoms with Gasteiger partial charge in [0.25, 0.3) is 0 Å². The molecule has 16 heavy (non-hydrogen) atoms. The van der Waals surface area contributed by atoms with Crippen molar-refractivity contribution in [1.29, 1.82) is 5.41 Å².